The normalized spacial score (nSPS) is 12.0. The molecule has 0 unspecified atom stereocenters. The van der Waals surface area contributed by atoms with Crippen LogP contribution in [0, 0.1) is 0 Å². The highest BCUT2D eigenvalue weighted by Gasteiger charge is 2.28. The van der Waals surface area contributed by atoms with Crippen LogP contribution in [0.4, 0.5) is 9.59 Å². The minimum Gasteiger partial charge on any atom is -0.508 e. The number of ether oxygens (including phenoxy) is 3. The van der Waals surface area contributed by atoms with Crippen molar-refractivity contribution in [3.8, 4) is 22.9 Å². The molecule has 212 valence electrons. The Labute approximate surface area is 237 Å². The second-order valence-electron chi connectivity index (χ2n) is 11.8. The number of phenols is 1. The summed E-state index contributed by atoms with van der Waals surface area (Å²) in [6, 6.07) is 21.6. The summed E-state index contributed by atoms with van der Waals surface area (Å²) >= 11 is 0. The molecule has 0 spiro atoms. The summed E-state index contributed by atoms with van der Waals surface area (Å²) in [6.07, 6.45) is -1.31. The lowest BCUT2D eigenvalue weighted by Crippen LogP contribution is -2.28. The van der Waals surface area contributed by atoms with Crippen LogP contribution in [0.1, 0.15) is 47.1 Å². The molecular formula is C32H33N3O6. The first-order valence-corrected chi connectivity index (χ1v) is 13.3. The smallest absolute Gasteiger partial charge is 0.435 e. The molecule has 0 fully saturated rings. The minimum atomic E-state index is -0.780. The third-order valence-corrected chi connectivity index (χ3v) is 6.07. The van der Waals surface area contributed by atoms with Gasteiger partial charge in [0.1, 0.15) is 35.0 Å². The van der Waals surface area contributed by atoms with E-state index in [2.05, 4.69) is 5.10 Å². The summed E-state index contributed by atoms with van der Waals surface area (Å²) in [5.41, 5.74) is 1.11. The van der Waals surface area contributed by atoms with E-state index in [0.29, 0.717) is 45.6 Å². The Kier molecular flexibility index (Phi) is 6.98. The number of benzene rings is 3. The number of hydrogen-bond acceptors (Lipinski definition) is 7. The summed E-state index contributed by atoms with van der Waals surface area (Å²) in [4.78, 5) is 26.8. The van der Waals surface area contributed by atoms with E-state index in [1.165, 1.54) is 15.3 Å². The predicted octanol–water partition coefficient (Wildman–Crippen LogP) is 7.51. The van der Waals surface area contributed by atoms with Gasteiger partial charge in [0.15, 0.2) is 0 Å². The van der Waals surface area contributed by atoms with Crippen LogP contribution >= 0.6 is 0 Å². The highest BCUT2D eigenvalue weighted by atomic mass is 16.6. The Morgan fingerprint density at radius 1 is 0.805 bits per heavy atom. The lowest BCUT2D eigenvalue weighted by atomic mass is 10.1. The Morgan fingerprint density at radius 3 is 2.17 bits per heavy atom. The van der Waals surface area contributed by atoms with Crippen molar-refractivity contribution >= 4 is 34.0 Å². The summed E-state index contributed by atoms with van der Waals surface area (Å²) in [5, 5.41) is 16.1. The van der Waals surface area contributed by atoms with Gasteiger partial charge in [-0.3, -0.25) is 0 Å². The van der Waals surface area contributed by atoms with Gasteiger partial charge in [0.05, 0.1) is 16.7 Å². The number of phenolic OH excluding ortho intramolecular Hbond substituents is 1. The number of aromatic nitrogens is 3. The standard InChI is InChI=1S/C32H33N3O6/c1-31(2,3)40-29(37)34-26-17-22(36)13-12-21(26)16-27(34)28-24-18-23(39-19-20-10-8-7-9-11-20)14-15-25(24)35(33-28)30(38)41-32(4,5)6/h7-18,36H,19H2,1-6H3. The first-order valence-electron chi connectivity index (χ1n) is 13.3. The third kappa shape index (κ3) is 6.04. The lowest BCUT2D eigenvalue weighted by molar-refractivity contribution is 0.0520. The number of nitrogens with zero attached hydrogens (tertiary/aromatic N) is 3. The van der Waals surface area contributed by atoms with Gasteiger partial charge in [-0.15, -0.1) is 0 Å². The number of fused-ring (bicyclic) bond motifs is 2. The fourth-order valence-electron chi connectivity index (χ4n) is 4.43. The lowest BCUT2D eigenvalue weighted by Gasteiger charge is -2.20. The maximum Gasteiger partial charge on any atom is 0.435 e. The summed E-state index contributed by atoms with van der Waals surface area (Å²) in [6.45, 7) is 11.0. The zero-order valence-electron chi connectivity index (χ0n) is 24.0. The summed E-state index contributed by atoms with van der Waals surface area (Å²) < 4.78 is 20.0. The van der Waals surface area contributed by atoms with E-state index < -0.39 is 23.4 Å². The zero-order valence-corrected chi connectivity index (χ0v) is 24.0. The van der Waals surface area contributed by atoms with Gasteiger partial charge in [0.25, 0.3) is 0 Å². The molecule has 1 N–H and O–H groups in total. The van der Waals surface area contributed by atoms with Crippen LogP contribution in [0.15, 0.2) is 72.8 Å². The molecule has 2 heterocycles. The molecule has 5 rings (SSSR count). The molecule has 5 aromatic rings. The van der Waals surface area contributed by atoms with E-state index in [1.54, 1.807) is 77.9 Å². The van der Waals surface area contributed by atoms with Gasteiger partial charge in [-0.1, -0.05) is 30.3 Å². The molecular weight excluding hydrogens is 522 g/mol. The number of rotatable bonds is 4. The SMILES string of the molecule is CC(C)(C)OC(=O)n1nc(-c2cc3ccc(O)cc3n2C(=O)OC(C)(C)C)c2cc(OCc3ccccc3)ccc21. The molecule has 0 amide bonds. The molecule has 0 aliphatic heterocycles. The van der Waals surface area contributed by atoms with Gasteiger partial charge in [0.2, 0.25) is 0 Å². The van der Waals surface area contributed by atoms with E-state index in [9.17, 15) is 14.7 Å². The van der Waals surface area contributed by atoms with E-state index in [4.69, 9.17) is 14.2 Å². The van der Waals surface area contributed by atoms with Crippen LogP contribution in [0.25, 0.3) is 33.2 Å². The molecule has 0 aliphatic carbocycles. The van der Waals surface area contributed by atoms with E-state index in [0.717, 1.165) is 5.56 Å². The first-order chi connectivity index (χ1) is 19.3. The number of hydrogen-bond donors (Lipinski definition) is 1. The molecule has 0 saturated heterocycles. The van der Waals surface area contributed by atoms with Gasteiger partial charge in [-0.25, -0.2) is 14.2 Å². The molecule has 0 radical (unpaired) electrons. The largest absolute Gasteiger partial charge is 0.508 e. The monoisotopic (exact) mass is 555 g/mol. The second-order valence-corrected chi connectivity index (χ2v) is 11.8. The van der Waals surface area contributed by atoms with Crippen molar-refractivity contribution in [1.82, 2.24) is 14.3 Å². The summed E-state index contributed by atoms with van der Waals surface area (Å²) in [5.74, 6) is 0.552. The molecule has 3 aromatic carbocycles. The highest BCUT2D eigenvalue weighted by Crippen LogP contribution is 2.36. The van der Waals surface area contributed by atoms with Crippen LogP contribution < -0.4 is 4.74 Å². The molecule has 9 nitrogen and oxygen atoms in total. The molecule has 0 bridgehead atoms. The van der Waals surface area contributed by atoms with Gasteiger partial charge >= 0.3 is 12.2 Å². The fraction of sp³-hybridized carbons (Fsp3) is 0.281. The number of carbonyl (C=O) groups excluding carboxylic acids is 2. The topological polar surface area (TPSA) is 105 Å². The summed E-state index contributed by atoms with van der Waals surface area (Å²) in [7, 11) is 0. The van der Waals surface area contributed by atoms with Gasteiger partial charge in [0, 0.05) is 16.8 Å². The van der Waals surface area contributed by atoms with Crippen molar-refractivity contribution in [3.63, 3.8) is 0 Å². The molecule has 2 aromatic heterocycles. The predicted molar refractivity (Wildman–Crippen MR) is 156 cm³/mol. The third-order valence-electron chi connectivity index (χ3n) is 6.07. The van der Waals surface area contributed by atoms with E-state index in [1.807, 2.05) is 30.3 Å². The molecule has 0 aliphatic rings. The average molecular weight is 556 g/mol. The molecule has 9 heteroatoms. The van der Waals surface area contributed by atoms with Crippen LogP contribution in [0.3, 0.4) is 0 Å². The van der Waals surface area contributed by atoms with Crippen molar-refractivity contribution < 1.29 is 28.9 Å². The quantitative estimate of drug-likeness (QED) is 0.245. The van der Waals surface area contributed by atoms with Crippen molar-refractivity contribution in [2.45, 2.75) is 59.4 Å². The molecule has 41 heavy (non-hydrogen) atoms. The van der Waals surface area contributed by atoms with Gasteiger partial charge in [-0.2, -0.15) is 9.78 Å². The zero-order chi connectivity index (χ0) is 29.5. The van der Waals surface area contributed by atoms with Gasteiger partial charge in [-0.05, 0) is 83.5 Å². The van der Waals surface area contributed by atoms with Crippen molar-refractivity contribution in [1.29, 1.82) is 0 Å². The Morgan fingerprint density at radius 2 is 1.49 bits per heavy atom. The van der Waals surface area contributed by atoms with E-state index in [-0.39, 0.29) is 5.75 Å². The van der Waals surface area contributed by atoms with Crippen molar-refractivity contribution in [2.24, 2.45) is 0 Å². The van der Waals surface area contributed by atoms with Crippen LogP contribution in [-0.4, -0.2) is 42.8 Å². The number of aromatic hydroxyl groups is 1. The van der Waals surface area contributed by atoms with Crippen molar-refractivity contribution in [2.75, 3.05) is 0 Å². The Balaban J connectivity index is 1.70. The van der Waals surface area contributed by atoms with Crippen LogP contribution in [0.2, 0.25) is 0 Å². The maximum absolute atomic E-state index is 13.5. The van der Waals surface area contributed by atoms with Crippen LogP contribution in [0.5, 0.6) is 11.5 Å². The minimum absolute atomic E-state index is 0.00676. The van der Waals surface area contributed by atoms with Crippen LogP contribution in [-0.2, 0) is 16.1 Å². The maximum atomic E-state index is 13.5. The van der Waals surface area contributed by atoms with Crippen molar-refractivity contribution in [3.05, 3.63) is 78.4 Å². The van der Waals surface area contributed by atoms with Gasteiger partial charge < -0.3 is 19.3 Å². The highest BCUT2D eigenvalue weighted by molar-refractivity contribution is 6.03. The number of carbonyl (C=O) groups is 2. The fourth-order valence-corrected chi connectivity index (χ4v) is 4.43. The average Bonchev–Trinajstić information content (AvgIpc) is 3.44. The van der Waals surface area contributed by atoms with E-state index >= 15 is 0 Å². The molecule has 0 saturated carbocycles. The Hall–Kier alpha value is -4.79. The Bertz CT molecular complexity index is 1750. The first kappa shape index (κ1) is 27.8. The second kappa shape index (κ2) is 10.3. The molecule has 0 atom stereocenters.